The van der Waals surface area contributed by atoms with E-state index >= 15 is 0 Å². The highest BCUT2D eigenvalue weighted by molar-refractivity contribution is 7.06. The summed E-state index contributed by atoms with van der Waals surface area (Å²) in [5.41, 5.74) is 12.2. The molecule has 0 spiro atoms. The second-order valence-corrected chi connectivity index (χ2v) is 43.5. The smallest absolute Gasteiger partial charge is 0.126 e. The summed E-state index contributed by atoms with van der Waals surface area (Å²) in [6.45, 7) is 41.6. The van der Waals surface area contributed by atoms with Crippen molar-refractivity contribution in [3.63, 3.8) is 0 Å². The average Bonchev–Trinajstić information content (AvgIpc) is 3.19. The molecular formula is C56H84O4Si4. The summed E-state index contributed by atoms with van der Waals surface area (Å²) in [5.74, 6) is 4.01. The van der Waals surface area contributed by atoms with Crippen LogP contribution < -0.4 is 18.9 Å². The van der Waals surface area contributed by atoms with Crippen LogP contribution >= 0.6 is 0 Å². The normalized spacial score (nSPS) is 13.2. The SMILES string of the molecule is CCCOc1c2cccc1Cc1cc(C=C([Si](C)(C)C)[Si](C)(C)C)cc(c1OCCC)Cc1cccc(c1OCCC)Cc1cc(C=C([Si](C)(C)C)[Si](C)(C)C)cc(c1OCCC)C2. The Labute approximate surface area is 394 Å². The number of rotatable bonds is 18. The van der Waals surface area contributed by atoms with Crippen molar-refractivity contribution in [2.75, 3.05) is 26.4 Å². The Morgan fingerprint density at radius 1 is 0.375 bits per heavy atom. The van der Waals surface area contributed by atoms with Crippen LogP contribution in [-0.2, 0) is 25.7 Å². The van der Waals surface area contributed by atoms with E-state index in [0.717, 1.165) is 48.7 Å². The Kier molecular flexibility index (Phi) is 17.5. The first-order chi connectivity index (χ1) is 30.1. The summed E-state index contributed by atoms with van der Waals surface area (Å²) >= 11 is 0. The van der Waals surface area contributed by atoms with Crippen LogP contribution in [0.15, 0.2) is 70.3 Å². The summed E-state index contributed by atoms with van der Waals surface area (Å²) in [4.78, 5) is 3.39. The Bertz CT molecular complexity index is 1990. The molecule has 5 rings (SSSR count). The van der Waals surface area contributed by atoms with Crippen LogP contribution in [0.1, 0.15) is 109 Å². The molecule has 0 aromatic heterocycles. The molecule has 0 saturated heterocycles. The molecule has 4 nitrogen and oxygen atoms in total. The van der Waals surface area contributed by atoms with Crippen molar-refractivity contribution < 1.29 is 18.9 Å². The lowest BCUT2D eigenvalue weighted by atomic mass is 9.89. The zero-order valence-corrected chi connectivity index (χ0v) is 47.0. The predicted molar refractivity (Wildman–Crippen MR) is 289 cm³/mol. The largest absolute Gasteiger partial charge is 0.493 e. The molecule has 0 saturated carbocycles. The Balaban J connectivity index is 1.93. The molecule has 0 fully saturated rings. The van der Waals surface area contributed by atoms with Crippen LogP contribution in [0.5, 0.6) is 23.0 Å². The Morgan fingerprint density at radius 2 is 0.594 bits per heavy atom. The lowest BCUT2D eigenvalue weighted by Crippen LogP contribution is -2.39. The number of para-hydroxylation sites is 2. The van der Waals surface area contributed by atoms with Gasteiger partial charge < -0.3 is 18.9 Å². The van der Waals surface area contributed by atoms with Crippen LogP contribution in [0.4, 0.5) is 0 Å². The highest BCUT2D eigenvalue weighted by atomic mass is 28.4. The van der Waals surface area contributed by atoms with Gasteiger partial charge in [-0.25, -0.2) is 0 Å². The van der Waals surface area contributed by atoms with E-state index in [1.807, 2.05) is 0 Å². The summed E-state index contributed by atoms with van der Waals surface area (Å²) in [5, 5.41) is 0. The third kappa shape index (κ3) is 13.3. The Morgan fingerprint density at radius 3 is 0.797 bits per heavy atom. The van der Waals surface area contributed by atoms with Gasteiger partial charge >= 0.3 is 0 Å². The van der Waals surface area contributed by atoms with Crippen molar-refractivity contribution in [2.45, 2.75) is 158 Å². The number of ether oxygens (including phenoxy) is 4. The lowest BCUT2D eigenvalue weighted by molar-refractivity contribution is 0.304. The van der Waals surface area contributed by atoms with Crippen molar-refractivity contribution in [2.24, 2.45) is 0 Å². The van der Waals surface area contributed by atoms with Crippen molar-refractivity contribution in [3.05, 3.63) is 126 Å². The van der Waals surface area contributed by atoms with Gasteiger partial charge in [0.15, 0.2) is 0 Å². The molecule has 4 aromatic carbocycles. The van der Waals surface area contributed by atoms with E-state index < -0.39 is 32.3 Å². The standard InChI is InChI=1S/C56H84O4Si4/c1-17-27-57-53-43-23-21-24-44(53)38-48-32-42(36-52(63(11,12)13)64(14,15)16)34-50(56(48)60-30-20-4)40-46-26-22-25-45(54(46)58-28-18-2)39-49-33-41(31-47(37-43)55(49)59-29-19-3)35-51(61(5,6)7)62(8,9)10/h21-26,31-36H,17-20,27-30,37-40H2,1-16H3. The second-order valence-electron chi connectivity index (χ2n) is 22.4. The fourth-order valence-electron chi connectivity index (χ4n) is 9.92. The summed E-state index contributed by atoms with van der Waals surface area (Å²) in [7, 11) is -6.50. The van der Waals surface area contributed by atoms with Gasteiger partial charge in [0.25, 0.3) is 0 Å². The molecule has 0 radical (unpaired) electrons. The number of fused-ring (bicyclic) bond motifs is 8. The van der Waals surface area contributed by atoms with Crippen molar-refractivity contribution in [1.82, 2.24) is 0 Å². The van der Waals surface area contributed by atoms with Crippen molar-refractivity contribution in [3.8, 4) is 23.0 Å². The molecule has 348 valence electrons. The van der Waals surface area contributed by atoms with Crippen LogP contribution in [-0.4, -0.2) is 58.7 Å². The lowest BCUT2D eigenvalue weighted by Gasteiger charge is -2.32. The first-order valence-corrected chi connectivity index (χ1v) is 38.6. The van der Waals surface area contributed by atoms with Gasteiger partial charge in [0.1, 0.15) is 23.0 Å². The van der Waals surface area contributed by atoms with E-state index in [-0.39, 0.29) is 0 Å². The van der Waals surface area contributed by atoms with Crippen molar-refractivity contribution in [1.29, 1.82) is 0 Å². The van der Waals surface area contributed by atoms with E-state index in [9.17, 15) is 0 Å². The minimum absolute atomic E-state index is 0.658. The third-order valence-electron chi connectivity index (χ3n) is 12.1. The summed E-state index contributed by atoms with van der Waals surface area (Å²) in [6, 6.07) is 23.4. The van der Waals surface area contributed by atoms with Crippen LogP contribution in [0.3, 0.4) is 0 Å². The molecule has 8 bridgehead atoms. The van der Waals surface area contributed by atoms with Crippen LogP contribution in [0, 0.1) is 0 Å². The molecule has 64 heavy (non-hydrogen) atoms. The molecule has 0 N–H and O–H groups in total. The maximum Gasteiger partial charge on any atom is 0.126 e. The van der Waals surface area contributed by atoms with Crippen LogP contribution in [0.25, 0.3) is 12.2 Å². The van der Waals surface area contributed by atoms with Gasteiger partial charge in [-0.05, 0) is 106 Å². The number of hydrogen-bond acceptors (Lipinski definition) is 4. The minimum atomic E-state index is -1.62. The van der Waals surface area contributed by atoms with Gasteiger partial charge in [-0.1, -0.05) is 164 Å². The molecule has 0 amide bonds. The fourth-order valence-corrected chi connectivity index (χ4v) is 30.3. The molecule has 0 heterocycles. The van der Waals surface area contributed by atoms with Gasteiger partial charge in [0.2, 0.25) is 0 Å². The Hall–Kier alpha value is -3.57. The van der Waals surface area contributed by atoms with Crippen LogP contribution in [0.2, 0.25) is 78.6 Å². The summed E-state index contributed by atoms with van der Waals surface area (Å²) in [6.07, 6.45) is 11.7. The van der Waals surface area contributed by atoms with E-state index in [1.54, 1.807) is 9.64 Å². The molecule has 1 aliphatic carbocycles. The average molecular weight is 934 g/mol. The van der Waals surface area contributed by atoms with E-state index in [1.165, 1.54) is 55.6 Å². The summed E-state index contributed by atoms with van der Waals surface area (Å²) < 4.78 is 27.7. The quantitative estimate of drug-likeness (QED) is 0.0821. The second kappa shape index (κ2) is 21.8. The van der Waals surface area contributed by atoms with Gasteiger partial charge in [-0.15, -0.1) is 0 Å². The molecule has 8 heteroatoms. The number of benzene rings is 4. The van der Waals surface area contributed by atoms with E-state index in [2.05, 4.69) is 179 Å². The highest BCUT2D eigenvalue weighted by Crippen LogP contribution is 2.41. The molecular weight excluding hydrogens is 849 g/mol. The van der Waals surface area contributed by atoms with E-state index in [4.69, 9.17) is 18.9 Å². The molecule has 0 atom stereocenters. The minimum Gasteiger partial charge on any atom is -0.493 e. The zero-order valence-electron chi connectivity index (χ0n) is 43.0. The van der Waals surface area contributed by atoms with Gasteiger partial charge in [0.05, 0.1) is 58.7 Å². The zero-order chi connectivity index (χ0) is 47.0. The van der Waals surface area contributed by atoms with Gasteiger partial charge in [0, 0.05) is 25.7 Å². The van der Waals surface area contributed by atoms with E-state index in [0.29, 0.717) is 52.1 Å². The van der Waals surface area contributed by atoms with Crippen molar-refractivity contribution >= 4 is 44.4 Å². The number of hydrogen-bond donors (Lipinski definition) is 0. The third-order valence-corrected chi connectivity index (χ3v) is 28.1. The molecule has 1 aliphatic rings. The molecule has 4 aromatic rings. The monoisotopic (exact) mass is 933 g/mol. The first-order valence-electron chi connectivity index (χ1n) is 24.6. The van der Waals surface area contributed by atoms with Gasteiger partial charge in [-0.2, -0.15) is 0 Å². The molecule has 0 aliphatic heterocycles. The fraction of sp³-hybridized carbons (Fsp3) is 0.500. The highest BCUT2D eigenvalue weighted by Gasteiger charge is 2.33. The van der Waals surface area contributed by atoms with Gasteiger partial charge in [-0.3, -0.25) is 0 Å². The maximum absolute atomic E-state index is 6.92. The predicted octanol–water partition coefficient (Wildman–Crippen LogP) is 15.8. The molecule has 0 unspecified atom stereocenters. The maximum atomic E-state index is 6.92. The topological polar surface area (TPSA) is 36.9 Å². The first kappa shape index (κ1) is 51.4.